The molecule has 0 fully saturated rings. The molecule has 0 amide bonds. The molecular weight excluding hydrogens is 170 g/mol. The van der Waals surface area contributed by atoms with Crippen molar-refractivity contribution in [2.45, 2.75) is 6.92 Å². The first-order valence-corrected chi connectivity index (χ1v) is 4.72. The molecule has 0 radical (unpaired) electrons. The first-order valence-electron chi connectivity index (χ1n) is 3.23. The van der Waals surface area contributed by atoms with Gasteiger partial charge in [-0.1, -0.05) is 11.8 Å². The monoisotopic (exact) mass is 183 g/mol. The van der Waals surface area contributed by atoms with Crippen LogP contribution in [0.3, 0.4) is 0 Å². The Kier molecular flexibility index (Phi) is 5.34. The molecule has 0 spiro atoms. The first-order chi connectivity index (χ1) is 5.12. The summed E-state index contributed by atoms with van der Waals surface area (Å²) in [5, 5.41) is 10.9. The number of nitrogens with one attached hydrogen (secondary N) is 3. The molecule has 68 valence electrons. The van der Waals surface area contributed by atoms with Crippen LogP contribution in [0.1, 0.15) is 6.92 Å². The molecule has 0 atom stereocenters. The zero-order valence-electron chi connectivity index (χ0n) is 6.29. The maximum absolute atomic E-state index is 10.5. The van der Waals surface area contributed by atoms with Crippen LogP contribution in [-0.2, 0) is 10.2 Å². The summed E-state index contributed by atoms with van der Waals surface area (Å²) in [4.78, 5) is 1.15. The molecule has 0 aliphatic carbocycles. The Morgan fingerprint density at radius 3 is 2.45 bits per heavy atom. The van der Waals surface area contributed by atoms with Crippen molar-refractivity contribution in [3.8, 4) is 0 Å². The van der Waals surface area contributed by atoms with E-state index in [1.807, 2.05) is 6.92 Å². The highest BCUT2D eigenvalue weighted by molar-refractivity contribution is 7.87. The third-order valence-corrected chi connectivity index (χ3v) is 1.79. The lowest BCUT2D eigenvalue weighted by Crippen LogP contribution is -2.38. The minimum Gasteiger partial charge on any atom is -0.316 e. The van der Waals surface area contributed by atoms with Crippen LogP contribution >= 0.6 is 0 Å². The Labute approximate surface area is 66.1 Å². The molecule has 0 bridgehead atoms. The lowest BCUT2D eigenvalue weighted by Gasteiger charge is -2.03. The molecule has 0 aromatic rings. The number of likely N-dealkylation sites (N-methyl/N-ethyl adjacent to an activating group) is 1. The maximum atomic E-state index is 10.5. The smallest absolute Gasteiger partial charge is 0.298 e. The molecule has 0 heterocycles. The molecule has 11 heavy (non-hydrogen) atoms. The zero-order valence-corrected chi connectivity index (χ0v) is 7.11. The predicted molar refractivity (Wildman–Crippen MR) is 40.4 cm³/mol. The van der Waals surface area contributed by atoms with Gasteiger partial charge in [-0.25, -0.2) is 0 Å². The lowest BCUT2D eigenvalue weighted by molar-refractivity contribution is 0.240. The van der Waals surface area contributed by atoms with Gasteiger partial charge in [-0.15, -0.1) is 0 Å². The molecule has 0 saturated carbocycles. The van der Waals surface area contributed by atoms with Crippen LogP contribution in [0, 0.1) is 0 Å². The van der Waals surface area contributed by atoms with Crippen LogP contribution < -0.4 is 14.9 Å². The Bertz CT molecular complexity index is 179. The summed E-state index contributed by atoms with van der Waals surface area (Å²) in [6.45, 7) is 3.49. The molecule has 0 unspecified atom stereocenters. The molecule has 0 saturated heterocycles. The van der Waals surface area contributed by atoms with Gasteiger partial charge in [-0.05, 0) is 6.54 Å². The van der Waals surface area contributed by atoms with E-state index in [-0.39, 0.29) is 6.54 Å². The Hall–Kier alpha value is -0.210. The zero-order chi connectivity index (χ0) is 8.74. The highest BCUT2D eigenvalue weighted by Crippen LogP contribution is 1.70. The van der Waals surface area contributed by atoms with Gasteiger partial charge < -0.3 is 10.5 Å². The fourth-order valence-corrected chi connectivity index (χ4v) is 0.918. The molecule has 0 rings (SSSR count). The van der Waals surface area contributed by atoms with Crippen LogP contribution in [0.15, 0.2) is 0 Å². The third kappa shape index (κ3) is 6.20. The van der Waals surface area contributed by atoms with Crippen molar-refractivity contribution in [1.29, 1.82) is 0 Å². The molecule has 0 aliphatic heterocycles. The van der Waals surface area contributed by atoms with Crippen molar-refractivity contribution in [2.24, 2.45) is 0 Å². The summed E-state index contributed by atoms with van der Waals surface area (Å²) in [6, 6.07) is 0. The largest absolute Gasteiger partial charge is 0.316 e. The molecule has 7 heteroatoms. The van der Waals surface area contributed by atoms with Crippen molar-refractivity contribution in [1.82, 2.24) is 14.9 Å². The van der Waals surface area contributed by atoms with Gasteiger partial charge in [0.2, 0.25) is 0 Å². The van der Waals surface area contributed by atoms with E-state index in [1.165, 1.54) is 0 Å². The summed E-state index contributed by atoms with van der Waals surface area (Å²) < 4.78 is 23.0. The fraction of sp³-hybridized carbons (Fsp3) is 1.00. The second-order valence-electron chi connectivity index (χ2n) is 1.84. The predicted octanol–water partition coefficient (Wildman–Crippen LogP) is -1.59. The molecule has 0 aliphatic rings. The SMILES string of the molecule is CCNCCNS(=O)(=O)NO. The van der Waals surface area contributed by atoms with Crippen molar-refractivity contribution in [3.63, 3.8) is 0 Å². The quantitative estimate of drug-likeness (QED) is 0.295. The third-order valence-electron chi connectivity index (χ3n) is 0.964. The van der Waals surface area contributed by atoms with Gasteiger partial charge in [0, 0.05) is 13.1 Å². The van der Waals surface area contributed by atoms with Gasteiger partial charge in [-0.3, -0.25) is 0 Å². The number of hydrogen-bond donors (Lipinski definition) is 4. The second kappa shape index (κ2) is 5.44. The van der Waals surface area contributed by atoms with Gasteiger partial charge in [0.1, 0.15) is 0 Å². The van der Waals surface area contributed by atoms with E-state index in [1.54, 1.807) is 0 Å². The average molecular weight is 183 g/mol. The second-order valence-corrected chi connectivity index (χ2v) is 3.32. The van der Waals surface area contributed by atoms with Gasteiger partial charge >= 0.3 is 0 Å². The first kappa shape index (κ1) is 10.8. The minimum atomic E-state index is -3.68. The summed E-state index contributed by atoms with van der Waals surface area (Å²) in [5.74, 6) is 0. The van der Waals surface area contributed by atoms with E-state index in [4.69, 9.17) is 5.21 Å². The highest BCUT2D eigenvalue weighted by Gasteiger charge is 2.03. The van der Waals surface area contributed by atoms with Crippen LogP contribution in [0.25, 0.3) is 0 Å². The summed E-state index contributed by atoms with van der Waals surface area (Å²) in [6.07, 6.45) is 0. The molecule has 6 nitrogen and oxygen atoms in total. The summed E-state index contributed by atoms with van der Waals surface area (Å²) in [5.41, 5.74) is 0. The Morgan fingerprint density at radius 1 is 1.36 bits per heavy atom. The normalized spacial score (nSPS) is 11.8. The van der Waals surface area contributed by atoms with Crippen molar-refractivity contribution >= 4 is 10.2 Å². The van der Waals surface area contributed by atoms with E-state index in [2.05, 4.69) is 10.0 Å². The Balaban J connectivity index is 3.39. The van der Waals surface area contributed by atoms with E-state index < -0.39 is 10.2 Å². The van der Waals surface area contributed by atoms with Crippen LogP contribution in [0.4, 0.5) is 0 Å². The Morgan fingerprint density at radius 2 is 2.00 bits per heavy atom. The van der Waals surface area contributed by atoms with Crippen LogP contribution in [0.2, 0.25) is 0 Å². The number of hydrogen-bond acceptors (Lipinski definition) is 4. The standard InChI is InChI=1S/C4H13N3O3S/c1-2-5-3-4-6-11(9,10)7-8/h5-8H,2-4H2,1H3. The molecule has 0 aromatic heterocycles. The van der Waals surface area contributed by atoms with Gasteiger partial charge in [-0.2, -0.15) is 13.1 Å². The van der Waals surface area contributed by atoms with Crippen LogP contribution in [0.5, 0.6) is 0 Å². The van der Waals surface area contributed by atoms with E-state index in [9.17, 15) is 8.42 Å². The van der Waals surface area contributed by atoms with Crippen LogP contribution in [-0.4, -0.2) is 33.3 Å². The fourth-order valence-electron chi connectivity index (χ4n) is 0.483. The van der Waals surface area contributed by atoms with E-state index >= 15 is 0 Å². The van der Waals surface area contributed by atoms with Gasteiger partial charge in [0.25, 0.3) is 10.2 Å². The van der Waals surface area contributed by atoms with Crippen molar-refractivity contribution in [2.75, 3.05) is 19.6 Å². The minimum absolute atomic E-state index is 0.254. The van der Waals surface area contributed by atoms with E-state index in [0.717, 1.165) is 11.4 Å². The van der Waals surface area contributed by atoms with Gasteiger partial charge in [0.15, 0.2) is 0 Å². The average Bonchev–Trinajstić information content (AvgIpc) is 1.99. The summed E-state index contributed by atoms with van der Waals surface area (Å²) >= 11 is 0. The van der Waals surface area contributed by atoms with E-state index in [0.29, 0.717) is 6.54 Å². The number of rotatable bonds is 6. The molecule has 0 aromatic carbocycles. The summed E-state index contributed by atoms with van der Waals surface area (Å²) in [7, 11) is -3.68. The molecular formula is C4H13N3O3S. The highest BCUT2D eigenvalue weighted by atomic mass is 32.2. The van der Waals surface area contributed by atoms with Gasteiger partial charge in [0.05, 0.1) is 0 Å². The molecule has 4 N–H and O–H groups in total. The van der Waals surface area contributed by atoms with Crippen molar-refractivity contribution in [3.05, 3.63) is 0 Å². The topological polar surface area (TPSA) is 90.5 Å². The van der Waals surface area contributed by atoms with Crippen molar-refractivity contribution < 1.29 is 13.6 Å². The maximum Gasteiger partial charge on any atom is 0.298 e. The lowest BCUT2D eigenvalue weighted by atomic mass is 10.6.